The van der Waals surface area contributed by atoms with E-state index in [1.165, 1.54) is 11.3 Å². The van der Waals surface area contributed by atoms with Gasteiger partial charge in [0.2, 0.25) is 10.0 Å². The van der Waals surface area contributed by atoms with Gasteiger partial charge in [-0.05, 0) is 24.4 Å². The molecular weight excluding hydrogens is 256 g/mol. The van der Waals surface area contributed by atoms with Crippen LogP contribution in [-0.2, 0) is 16.6 Å². The zero-order chi connectivity index (χ0) is 12.7. The van der Waals surface area contributed by atoms with Gasteiger partial charge in [-0.1, -0.05) is 20.3 Å². The third-order valence-electron chi connectivity index (χ3n) is 2.35. The Morgan fingerprint density at radius 2 is 2.12 bits per heavy atom. The van der Waals surface area contributed by atoms with E-state index in [1.54, 1.807) is 6.07 Å². The van der Waals surface area contributed by atoms with E-state index in [-0.39, 0.29) is 0 Å². The predicted octanol–water partition coefficient (Wildman–Crippen LogP) is 1.94. The number of thiophene rings is 1. The molecule has 1 aromatic heterocycles. The summed E-state index contributed by atoms with van der Waals surface area (Å²) in [5.74, 6) is 0. The molecule has 0 saturated heterocycles. The predicted molar refractivity (Wildman–Crippen MR) is 71.8 cm³/mol. The lowest BCUT2D eigenvalue weighted by Gasteiger charge is -2.07. The van der Waals surface area contributed by atoms with Gasteiger partial charge in [0.1, 0.15) is 0 Å². The summed E-state index contributed by atoms with van der Waals surface area (Å²) in [4.78, 5) is 1.29. The molecule has 1 aromatic rings. The molecule has 0 saturated carbocycles. The van der Waals surface area contributed by atoms with Crippen LogP contribution in [0.2, 0.25) is 0 Å². The fourth-order valence-electron chi connectivity index (χ4n) is 1.40. The van der Waals surface area contributed by atoms with Crippen LogP contribution in [-0.4, -0.2) is 21.5 Å². The normalized spacial score (nSPS) is 11.9. The fourth-order valence-corrected chi connectivity index (χ4v) is 3.88. The first-order chi connectivity index (χ1) is 8.11. The lowest BCUT2D eigenvalue weighted by Crippen LogP contribution is -2.25. The Balaban J connectivity index is 2.73. The van der Waals surface area contributed by atoms with E-state index < -0.39 is 10.0 Å². The van der Waals surface area contributed by atoms with Crippen molar-refractivity contribution in [1.29, 1.82) is 0 Å². The van der Waals surface area contributed by atoms with Gasteiger partial charge in [0, 0.05) is 18.0 Å². The lowest BCUT2D eigenvalue weighted by atomic mass is 10.3. The van der Waals surface area contributed by atoms with E-state index in [1.807, 2.05) is 19.2 Å². The fraction of sp³-hybridized carbons (Fsp3) is 0.636. The van der Waals surface area contributed by atoms with E-state index >= 15 is 0 Å². The second-order valence-electron chi connectivity index (χ2n) is 3.74. The highest BCUT2D eigenvalue weighted by Crippen LogP contribution is 2.21. The van der Waals surface area contributed by atoms with Crippen molar-refractivity contribution in [3.8, 4) is 0 Å². The first-order valence-corrected chi connectivity index (χ1v) is 8.24. The van der Waals surface area contributed by atoms with Crippen LogP contribution < -0.4 is 10.0 Å². The van der Waals surface area contributed by atoms with Gasteiger partial charge in [0.25, 0.3) is 0 Å². The smallest absolute Gasteiger partial charge is 0.241 e. The maximum atomic E-state index is 12.0. The molecule has 6 heteroatoms. The minimum atomic E-state index is -3.33. The largest absolute Gasteiger partial charge is 0.312 e. The molecule has 0 aliphatic carbocycles. The van der Waals surface area contributed by atoms with Gasteiger partial charge in [-0.2, -0.15) is 0 Å². The zero-order valence-corrected chi connectivity index (χ0v) is 12.0. The Kier molecular flexibility index (Phi) is 6.11. The molecule has 0 spiro atoms. The third-order valence-corrected chi connectivity index (χ3v) is 4.95. The standard InChI is InChI=1S/C11H20N2O2S2/c1-3-5-7-13-17(14,15)11-6-8-16-10(11)9-12-4-2/h6,8,12-13H,3-5,7,9H2,1-2H3. The maximum Gasteiger partial charge on any atom is 0.241 e. The Labute approximate surface area is 107 Å². The van der Waals surface area contributed by atoms with Crippen molar-refractivity contribution in [2.24, 2.45) is 0 Å². The zero-order valence-electron chi connectivity index (χ0n) is 10.3. The highest BCUT2D eigenvalue weighted by Gasteiger charge is 2.18. The van der Waals surface area contributed by atoms with Crippen molar-refractivity contribution >= 4 is 21.4 Å². The third kappa shape index (κ3) is 4.39. The monoisotopic (exact) mass is 276 g/mol. The molecule has 0 bridgehead atoms. The second kappa shape index (κ2) is 7.10. The lowest BCUT2D eigenvalue weighted by molar-refractivity contribution is 0.577. The average molecular weight is 276 g/mol. The quantitative estimate of drug-likeness (QED) is 0.713. The summed E-state index contributed by atoms with van der Waals surface area (Å²) in [7, 11) is -3.33. The van der Waals surface area contributed by atoms with E-state index in [9.17, 15) is 8.42 Å². The summed E-state index contributed by atoms with van der Waals surface area (Å²) < 4.78 is 26.7. The highest BCUT2D eigenvalue weighted by atomic mass is 32.2. The van der Waals surface area contributed by atoms with E-state index in [2.05, 4.69) is 10.0 Å². The van der Waals surface area contributed by atoms with Crippen LogP contribution in [0.1, 0.15) is 31.6 Å². The molecule has 0 aliphatic heterocycles. The molecule has 0 radical (unpaired) electrons. The topological polar surface area (TPSA) is 58.2 Å². The van der Waals surface area contributed by atoms with Crippen LogP contribution in [0.4, 0.5) is 0 Å². The van der Waals surface area contributed by atoms with Crippen LogP contribution in [0.3, 0.4) is 0 Å². The Bertz CT molecular complexity index is 426. The Morgan fingerprint density at radius 1 is 1.35 bits per heavy atom. The summed E-state index contributed by atoms with van der Waals surface area (Å²) in [5.41, 5.74) is 0. The number of sulfonamides is 1. The van der Waals surface area contributed by atoms with Gasteiger partial charge in [0.05, 0.1) is 4.90 Å². The van der Waals surface area contributed by atoms with E-state index in [0.29, 0.717) is 18.0 Å². The van der Waals surface area contributed by atoms with Crippen molar-refractivity contribution in [1.82, 2.24) is 10.0 Å². The van der Waals surface area contributed by atoms with Gasteiger partial charge < -0.3 is 5.32 Å². The van der Waals surface area contributed by atoms with Crippen LogP contribution in [0, 0.1) is 0 Å². The summed E-state index contributed by atoms with van der Waals surface area (Å²) >= 11 is 1.47. The Morgan fingerprint density at radius 3 is 2.76 bits per heavy atom. The first kappa shape index (κ1) is 14.6. The van der Waals surface area contributed by atoms with Crippen molar-refractivity contribution < 1.29 is 8.42 Å². The molecule has 0 aliphatic rings. The van der Waals surface area contributed by atoms with Gasteiger partial charge in [0.15, 0.2) is 0 Å². The number of rotatable bonds is 8. The average Bonchev–Trinajstić information content (AvgIpc) is 2.75. The van der Waals surface area contributed by atoms with E-state index in [4.69, 9.17) is 0 Å². The molecule has 1 rings (SSSR count). The summed E-state index contributed by atoms with van der Waals surface area (Å²) in [6, 6.07) is 1.67. The molecule has 0 fully saturated rings. The Hall–Kier alpha value is -0.430. The van der Waals surface area contributed by atoms with Crippen LogP contribution in [0.5, 0.6) is 0 Å². The molecule has 98 valence electrons. The number of hydrogen-bond donors (Lipinski definition) is 2. The minimum absolute atomic E-state index is 0.416. The van der Waals surface area contributed by atoms with Crippen LogP contribution >= 0.6 is 11.3 Å². The van der Waals surface area contributed by atoms with Crippen molar-refractivity contribution in [3.05, 3.63) is 16.3 Å². The first-order valence-electron chi connectivity index (χ1n) is 5.88. The molecule has 0 aromatic carbocycles. The highest BCUT2D eigenvalue weighted by molar-refractivity contribution is 7.89. The van der Waals surface area contributed by atoms with Gasteiger partial charge >= 0.3 is 0 Å². The number of unbranched alkanes of at least 4 members (excludes halogenated alkanes) is 1. The molecule has 1 heterocycles. The van der Waals surface area contributed by atoms with Crippen molar-refractivity contribution in [2.45, 2.75) is 38.1 Å². The van der Waals surface area contributed by atoms with Gasteiger partial charge in [-0.25, -0.2) is 13.1 Å². The minimum Gasteiger partial charge on any atom is -0.312 e. The molecule has 4 nitrogen and oxygen atoms in total. The van der Waals surface area contributed by atoms with Gasteiger partial charge in [-0.3, -0.25) is 0 Å². The SMILES string of the molecule is CCCCNS(=O)(=O)c1ccsc1CNCC. The summed E-state index contributed by atoms with van der Waals surface area (Å²) in [6.45, 7) is 5.99. The van der Waals surface area contributed by atoms with Gasteiger partial charge in [-0.15, -0.1) is 11.3 Å². The van der Waals surface area contributed by atoms with Crippen molar-refractivity contribution in [3.63, 3.8) is 0 Å². The van der Waals surface area contributed by atoms with E-state index in [0.717, 1.165) is 24.3 Å². The molecular formula is C11H20N2O2S2. The van der Waals surface area contributed by atoms with Crippen molar-refractivity contribution in [2.75, 3.05) is 13.1 Å². The summed E-state index contributed by atoms with van der Waals surface area (Å²) in [5, 5.41) is 4.97. The second-order valence-corrected chi connectivity index (χ2v) is 6.48. The van der Waals surface area contributed by atoms with Crippen LogP contribution in [0.15, 0.2) is 16.3 Å². The van der Waals surface area contributed by atoms with Crippen LogP contribution in [0.25, 0.3) is 0 Å². The molecule has 2 N–H and O–H groups in total. The molecule has 0 atom stereocenters. The summed E-state index contributed by atoms with van der Waals surface area (Å²) in [6.07, 6.45) is 1.85. The molecule has 0 amide bonds. The number of nitrogens with one attached hydrogen (secondary N) is 2. The number of hydrogen-bond acceptors (Lipinski definition) is 4. The molecule has 17 heavy (non-hydrogen) atoms. The maximum absolute atomic E-state index is 12.0. The molecule has 0 unspecified atom stereocenters.